The highest BCUT2D eigenvalue weighted by molar-refractivity contribution is 6.02. The van der Waals surface area contributed by atoms with Crippen LogP contribution in [-0.2, 0) is 9.47 Å². The minimum atomic E-state index is -0.986. The fraction of sp³-hybridized carbons (Fsp3) is 0.350. The van der Waals surface area contributed by atoms with E-state index in [1.54, 1.807) is 45.0 Å². The van der Waals surface area contributed by atoms with Crippen LogP contribution in [0.4, 0.5) is 0 Å². The van der Waals surface area contributed by atoms with Crippen molar-refractivity contribution in [1.29, 1.82) is 0 Å². The normalized spacial score (nSPS) is 11.6. The van der Waals surface area contributed by atoms with Gasteiger partial charge < -0.3 is 19.2 Å². The molecule has 144 valence electrons. The molecule has 7 heteroatoms. The van der Waals surface area contributed by atoms with Gasteiger partial charge in [-0.15, -0.1) is 0 Å². The largest absolute Gasteiger partial charge is 0.497 e. The van der Waals surface area contributed by atoms with Crippen LogP contribution in [0.15, 0.2) is 24.3 Å². The summed E-state index contributed by atoms with van der Waals surface area (Å²) in [6.45, 7) is 6.74. The minimum Gasteiger partial charge on any atom is -0.497 e. The fourth-order valence-corrected chi connectivity index (χ4v) is 2.73. The zero-order chi connectivity index (χ0) is 20.1. The number of aryl methyl sites for hydroxylation is 1. The van der Waals surface area contributed by atoms with Crippen molar-refractivity contribution < 1.29 is 28.6 Å². The van der Waals surface area contributed by atoms with Crippen LogP contribution in [0.5, 0.6) is 5.75 Å². The second-order valence-corrected chi connectivity index (χ2v) is 5.99. The smallest absolute Gasteiger partial charge is 0.355 e. The van der Waals surface area contributed by atoms with Crippen molar-refractivity contribution in [1.82, 2.24) is 4.98 Å². The Labute approximate surface area is 157 Å². The highest BCUT2D eigenvalue weighted by atomic mass is 16.5. The van der Waals surface area contributed by atoms with Crippen molar-refractivity contribution in [3.63, 3.8) is 0 Å². The second kappa shape index (κ2) is 8.53. The van der Waals surface area contributed by atoms with E-state index in [0.717, 1.165) is 0 Å². The molecule has 0 aliphatic heterocycles. The van der Waals surface area contributed by atoms with E-state index in [9.17, 15) is 14.4 Å². The van der Waals surface area contributed by atoms with Crippen LogP contribution in [0.25, 0.3) is 0 Å². The van der Waals surface area contributed by atoms with Gasteiger partial charge in [-0.1, -0.05) is 0 Å². The van der Waals surface area contributed by atoms with Gasteiger partial charge in [0.05, 0.1) is 19.3 Å². The van der Waals surface area contributed by atoms with Crippen LogP contribution >= 0.6 is 0 Å². The molecule has 0 fully saturated rings. The SMILES string of the molecule is CCOC(=O)c1c(C)[nH]c(C(=O)O[C@@H](C)C(=O)c2ccc(OC)cc2)c1C. The summed E-state index contributed by atoms with van der Waals surface area (Å²) >= 11 is 0. The van der Waals surface area contributed by atoms with Crippen molar-refractivity contribution in [3.05, 3.63) is 52.3 Å². The summed E-state index contributed by atoms with van der Waals surface area (Å²) in [6, 6.07) is 6.53. The average Bonchev–Trinajstić information content (AvgIpc) is 2.95. The predicted molar refractivity (Wildman–Crippen MR) is 98.4 cm³/mol. The first-order valence-corrected chi connectivity index (χ1v) is 8.55. The second-order valence-electron chi connectivity index (χ2n) is 5.99. The molecule has 27 heavy (non-hydrogen) atoms. The number of methoxy groups -OCH3 is 1. The predicted octanol–water partition coefficient (Wildman–Crippen LogP) is 3.25. The van der Waals surface area contributed by atoms with Crippen LogP contribution in [-0.4, -0.2) is 42.5 Å². The van der Waals surface area contributed by atoms with Gasteiger partial charge in [0, 0.05) is 11.3 Å². The lowest BCUT2D eigenvalue weighted by Gasteiger charge is -2.12. The van der Waals surface area contributed by atoms with Crippen molar-refractivity contribution in [2.45, 2.75) is 33.8 Å². The standard InChI is InChI=1S/C20H23NO6/c1-6-26-19(23)16-11(2)17(21-12(16)3)20(24)27-13(4)18(22)14-7-9-15(25-5)10-8-14/h7-10,13,21H,6H2,1-5H3/t13-/m0/s1. The first kappa shape index (κ1) is 20.2. The monoisotopic (exact) mass is 373 g/mol. The number of aromatic nitrogens is 1. The van der Waals surface area contributed by atoms with Gasteiger partial charge in [0.15, 0.2) is 6.10 Å². The highest BCUT2D eigenvalue weighted by Crippen LogP contribution is 2.21. The quantitative estimate of drug-likeness (QED) is 0.591. The van der Waals surface area contributed by atoms with E-state index in [1.807, 2.05) is 0 Å². The molecule has 0 saturated heterocycles. The van der Waals surface area contributed by atoms with Gasteiger partial charge >= 0.3 is 11.9 Å². The van der Waals surface area contributed by atoms with E-state index >= 15 is 0 Å². The number of carbonyl (C=O) groups excluding carboxylic acids is 3. The van der Waals surface area contributed by atoms with E-state index in [4.69, 9.17) is 14.2 Å². The summed E-state index contributed by atoms with van der Waals surface area (Å²) in [5, 5.41) is 0. The molecular formula is C20H23NO6. The third kappa shape index (κ3) is 4.36. The Morgan fingerprint density at radius 1 is 1.07 bits per heavy atom. The maximum atomic E-state index is 12.5. The average molecular weight is 373 g/mol. The zero-order valence-electron chi connectivity index (χ0n) is 16.0. The number of esters is 2. The Morgan fingerprint density at radius 3 is 2.26 bits per heavy atom. The number of carbonyl (C=O) groups is 3. The lowest BCUT2D eigenvalue weighted by molar-refractivity contribution is 0.0313. The van der Waals surface area contributed by atoms with Crippen LogP contribution in [0, 0.1) is 13.8 Å². The summed E-state index contributed by atoms with van der Waals surface area (Å²) in [6.07, 6.45) is -0.986. The Hall–Kier alpha value is -3.09. The Kier molecular flexibility index (Phi) is 6.39. The summed E-state index contributed by atoms with van der Waals surface area (Å²) in [5.41, 5.74) is 1.78. The van der Waals surface area contributed by atoms with Crippen molar-refractivity contribution >= 4 is 17.7 Å². The van der Waals surface area contributed by atoms with E-state index in [1.165, 1.54) is 14.0 Å². The number of nitrogens with one attached hydrogen (secondary N) is 1. The fourth-order valence-electron chi connectivity index (χ4n) is 2.73. The molecular weight excluding hydrogens is 350 g/mol. The van der Waals surface area contributed by atoms with Gasteiger partial charge in [-0.2, -0.15) is 0 Å². The molecule has 0 aliphatic carbocycles. The van der Waals surface area contributed by atoms with Crippen LogP contribution in [0.1, 0.15) is 56.3 Å². The van der Waals surface area contributed by atoms with E-state index in [2.05, 4.69) is 4.98 Å². The number of rotatable bonds is 7. The molecule has 0 unspecified atom stereocenters. The molecule has 1 N–H and O–H groups in total. The molecule has 0 spiro atoms. The Balaban J connectivity index is 2.15. The number of hydrogen-bond acceptors (Lipinski definition) is 6. The number of H-pyrrole nitrogens is 1. The lowest BCUT2D eigenvalue weighted by Crippen LogP contribution is -2.25. The van der Waals surface area contributed by atoms with Crippen molar-refractivity contribution in [3.8, 4) is 5.75 Å². The van der Waals surface area contributed by atoms with Crippen LogP contribution < -0.4 is 4.74 Å². The highest BCUT2D eigenvalue weighted by Gasteiger charge is 2.26. The van der Waals surface area contributed by atoms with Gasteiger partial charge in [0.1, 0.15) is 11.4 Å². The third-order valence-corrected chi connectivity index (χ3v) is 4.15. The topological polar surface area (TPSA) is 94.7 Å². The first-order valence-electron chi connectivity index (χ1n) is 8.55. The first-order chi connectivity index (χ1) is 12.8. The maximum Gasteiger partial charge on any atom is 0.355 e. The molecule has 0 saturated carbocycles. The molecule has 0 radical (unpaired) electrons. The van der Waals surface area contributed by atoms with Gasteiger partial charge in [0.25, 0.3) is 0 Å². The molecule has 0 bridgehead atoms. The molecule has 1 aromatic carbocycles. The third-order valence-electron chi connectivity index (χ3n) is 4.15. The molecule has 0 aliphatic rings. The number of ether oxygens (including phenoxy) is 3. The van der Waals surface area contributed by atoms with E-state index < -0.39 is 18.0 Å². The van der Waals surface area contributed by atoms with Gasteiger partial charge in [-0.05, 0) is 57.5 Å². The summed E-state index contributed by atoms with van der Waals surface area (Å²) in [5.74, 6) is -0.927. The number of aromatic amines is 1. The molecule has 2 rings (SSSR count). The van der Waals surface area contributed by atoms with Crippen molar-refractivity contribution in [2.24, 2.45) is 0 Å². The molecule has 1 heterocycles. The lowest BCUT2D eigenvalue weighted by atomic mass is 10.1. The van der Waals surface area contributed by atoms with Crippen LogP contribution in [0.2, 0.25) is 0 Å². The zero-order valence-corrected chi connectivity index (χ0v) is 16.0. The molecule has 0 amide bonds. The van der Waals surface area contributed by atoms with Crippen molar-refractivity contribution in [2.75, 3.05) is 13.7 Å². The summed E-state index contributed by atoms with van der Waals surface area (Å²) in [7, 11) is 1.53. The Bertz CT molecular complexity index is 850. The minimum absolute atomic E-state index is 0.130. The number of Topliss-reactive ketones (excluding diaryl/α,β-unsaturated/α-hetero) is 1. The molecule has 2 aromatic rings. The maximum absolute atomic E-state index is 12.5. The van der Waals surface area contributed by atoms with E-state index in [-0.39, 0.29) is 18.1 Å². The molecule has 1 aromatic heterocycles. The van der Waals surface area contributed by atoms with Gasteiger partial charge in [-0.3, -0.25) is 4.79 Å². The van der Waals surface area contributed by atoms with Gasteiger partial charge in [0.2, 0.25) is 5.78 Å². The van der Waals surface area contributed by atoms with Crippen LogP contribution in [0.3, 0.4) is 0 Å². The summed E-state index contributed by atoms with van der Waals surface area (Å²) in [4.78, 5) is 39.8. The van der Waals surface area contributed by atoms with Gasteiger partial charge in [-0.25, -0.2) is 9.59 Å². The number of hydrogen-bond donors (Lipinski definition) is 1. The number of ketones is 1. The van der Waals surface area contributed by atoms with E-state index in [0.29, 0.717) is 28.1 Å². The molecule has 7 nitrogen and oxygen atoms in total. The molecule has 1 atom stereocenters. The summed E-state index contributed by atoms with van der Waals surface area (Å²) < 4.78 is 15.4. The Morgan fingerprint density at radius 2 is 1.70 bits per heavy atom. The number of benzene rings is 1.